The van der Waals surface area contributed by atoms with Gasteiger partial charge in [0.15, 0.2) is 0 Å². The monoisotopic (exact) mass is 418 g/mol. The van der Waals surface area contributed by atoms with Crippen molar-refractivity contribution in [3.63, 3.8) is 0 Å². The van der Waals surface area contributed by atoms with Crippen LogP contribution in [0.25, 0.3) is 0 Å². The van der Waals surface area contributed by atoms with Crippen molar-refractivity contribution in [2.75, 3.05) is 57.3 Å². The Bertz CT molecular complexity index is 739. The third-order valence-electron chi connectivity index (χ3n) is 5.72. The highest BCUT2D eigenvalue weighted by atomic mass is 16.6. The number of nitrogens with one attached hydrogen (secondary N) is 1. The SMILES string of the molecule is Cc1c(CN2CCNCC2)cc(N2CCN(C(=O)OC(C)(C)C)CC2)cc1B(O)O. The van der Waals surface area contributed by atoms with Gasteiger partial charge in [-0.1, -0.05) is 0 Å². The van der Waals surface area contributed by atoms with E-state index in [0.717, 1.165) is 49.5 Å². The molecule has 0 bridgehead atoms. The second-order valence-electron chi connectivity index (χ2n) is 9.17. The highest BCUT2D eigenvalue weighted by Crippen LogP contribution is 2.22. The lowest BCUT2D eigenvalue weighted by Crippen LogP contribution is -2.50. The smallest absolute Gasteiger partial charge is 0.444 e. The van der Waals surface area contributed by atoms with E-state index in [-0.39, 0.29) is 6.09 Å². The third kappa shape index (κ3) is 5.88. The fourth-order valence-corrected chi connectivity index (χ4v) is 3.98. The summed E-state index contributed by atoms with van der Waals surface area (Å²) in [5, 5.41) is 23.2. The van der Waals surface area contributed by atoms with Crippen molar-refractivity contribution in [3.05, 3.63) is 23.3 Å². The van der Waals surface area contributed by atoms with E-state index in [2.05, 4.69) is 21.2 Å². The average Bonchev–Trinajstić information content (AvgIpc) is 2.69. The van der Waals surface area contributed by atoms with Gasteiger partial charge in [-0.2, -0.15) is 0 Å². The van der Waals surface area contributed by atoms with Crippen LogP contribution < -0.4 is 15.7 Å². The molecule has 0 saturated carbocycles. The van der Waals surface area contributed by atoms with Crippen LogP contribution in [0, 0.1) is 6.92 Å². The number of ether oxygens (including phenoxy) is 1. The number of benzene rings is 1. The van der Waals surface area contributed by atoms with Gasteiger partial charge < -0.3 is 29.9 Å². The Kier molecular flexibility index (Phi) is 7.28. The Hall–Kier alpha value is -1.81. The minimum absolute atomic E-state index is 0.281. The molecule has 8 nitrogen and oxygen atoms in total. The zero-order valence-electron chi connectivity index (χ0n) is 18.6. The summed E-state index contributed by atoms with van der Waals surface area (Å²) in [7, 11) is -1.50. The first-order chi connectivity index (χ1) is 14.1. The fourth-order valence-electron chi connectivity index (χ4n) is 3.98. The van der Waals surface area contributed by atoms with Gasteiger partial charge in [0.1, 0.15) is 5.60 Å². The van der Waals surface area contributed by atoms with E-state index < -0.39 is 12.7 Å². The Morgan fingerprint density at radius 1 is 1.10 bits per heavy atom. The number of anilines is 1. The molecule has 1 aromatic carbocycles. The first kappa shape index (κ1) is 22.9. The van der Waals surface area contributed by atoms with Gasteiger partial charge in [0.2, 0.25) is 0 Å². The number of hydrogen-bond donors (Lipinski definition) is 3. The van der Waals surface area contributed by atoms with E-state index in [1.54, 1.807) is 4.90 Å². The Balaban J connectivity index is 1.73. The molecule has 30 heavy (non-hydrogen) atoms. The van der Waals surface area contributed by atoms with E-state index in [4.69, 9.17) is 4.74 Å². The van der Waals surface area contributed by atoms with E-state index in [1.165, 1.54) is 0 Å². The quantitative estimate of drug-likeness (QED) is 0.600. The van der Waals surface area contributed by atoms with E-state index in [9.17, 15) is 14.8 Å². The number of amides is 1. The number of carbonyl (C=O) groups is 1. The summed E-state index contributed by atoms with van der Waals surface area (Å²) < 4.78 is 5.48. The maximum atomic E-state index is 12.3. The molecule has 2 aliphatic rings. The van der Waals surface area contributed by atoms with Gasteiger partial charge >= 0.3 is 13.2 Å². The fraction of sp³-hybridized carbons (Fsp3) is 0.667. The molecule has 9 heteroatoms. The van der Waals surface area contributed by atoms with Crippen LogP contribution in [-0.4, -0.2) is 91.0 Å². The van der Waals surface area contributed by atoms with Gasteiger partial charge in [-0.05, 0) is 56.4 Å². The Morgan fingerprint density at radius 2 is 1.73 bits per heavy atom. The second kappa shape index (κ2) is 9.55. The molecule has 1 aromatic rings. The van der Waals surface area contributed by atoms with Crippen molar-refractivity contribution in [1.82, 2.24) is 15.1 Å². The molecule has 2 fully saturated rings. The topological polar surface area (TPSA) is 88.5 Å². The van der Waals surface area contributed by atoms with Gasteiger partial charge in [0.05, 0.1) is 0 Å². The first-order valence-corrected chi connectivity index (χ1v) is 10.8. The van der Waals surface area contributed by atoms with E-state index in [1.807, 2.05) is 33.8 Å². The van der Waals surface area contributed by atoms with Gasteiger partial charge in [0.25, 0.3) is 0 Å². The largest absolute Gasteiger partial charge is 0.488 e. The number of nitrogens with zero attached hydrogens (tertiary/aromatic N) is 3. The minimum atomic E-state index is -1.50. The zero-order chi connectivity index (χ0) is 21.9. The van der Waals surface area contributed by atoms with Crippen LogP contribution >= 0.6 is 0 Å². The molecule has 0 aromatic heterocycles. The molecule has 0 unspecified atom stereocenters. The molecule has 2 aliphatic heterocycles. The van der Waals surface area contributed by atoms with Crippen molar-refractivity contribution >= 4 is 24.4 Å². The second-order valence-corrected chi connectivity index (χ2v) is 9.17. The van der Waals surface area contributed by atoms with Crippen molar-refractivity contribution < 1.29 is 19.6 Å². The molecule has 3 N–H and O–H groups in total. The highest BCUT2D eigenvalue weighted by molar-refractivity contribution is 6.59. The molecule has 0 radical (unpaired) electrons. The van der Waals surface area contributed by atoms with Crippen molar-refractivity contribution in [3.8, 4) is 0 Å². The molecule has 3 rings (SSSR count). The zero-order valence-corrected chi connectivity index (χ0v) is 18.6. The summed E-state index contributed by atoms with van der Waals surface area (Å²) in [4.78, 5) is 18.7. The molecular formula is C21H35BN4O4. The Morgan fingerprint density at radius 3 is 2.30 bits per heavy atom. The van der Waals surface area contributed by atoms with Crippen LogP contribution in [0.2, 0.25) is 0 Å². The predicted molar refractivity (Wildman–Crippen MR) is 119 cm³/mol. The van der Waals surface area contributed by atoms with Crippen LogP contribution in [0.5, 0.6) is 0 Å². The minimum Gasteiger partial charge on any atom is -0.444 e. The van der Waals surface area contributed by atoms with Crippen LogP contribution in [-0.2, 0) is 11.3 Å². The van der Waals surface area contributed by atoms with Crippen molar-refractivity contribution in [1.29, 1.82) is 0 Å². The first-order valence-electron chi connectivity index (χ1n) is 10.8. The van der Waals surface area contributed by atoms with E-state index in [0.29, 0.717) is 31.6 Å². The number of rotatable bonds is 4. The summed E-state index contributed by atoms with van der Waals surface area (Å²) in [5.41, 5.74) is 3.06. The summed E-state index contributed by atoms with van der Waals surface area (Å²) in [6.07, 6.45) is -0.281. The third-order valence-corrected chi connectivity index (χ3v) is 5.72. The number of carbonyl (C=O) groups excluding carboxylic acids is 1. The molecule has 2 heterocycles. The molecule has 166 valence electrons. The summed E-state index contributed by atoms with van der Waals surface area (Å²) in [6, 6.07) is 4.02. The Labute approximate surface area is 179 Å². The van der Waals surface area contributed by atoms with E-state index >= 15 is 0 Å². The van der Waals surface area contributed by atoms with Crippen LogP contribution in [0.15, 0.2) is 12.1 Å². The summed E-state index contributed by atoms with van der Waals surface area (Å²) in [5.74, 6) is 0. The van der Waals surface area contributed by atoms with Gasteiger partial charge in [-0.3, -0.25) is 4.90 Å². The van der Waals surface area contributed by atoms with Crippen molar-refractivity contribution in [2.45, 2.75) is 39.8 Å². The lowest BCUT2D eigenvalue weighted by molar-refractivity contribution is 0.0240. The molecule has 0 atom stereocenters. The maximum absolute atomic E-state index is 12.3. The van der Waals surface area contributed by atoms with Gasteiger partial charge in [-0.15, -0.1) is 0 Å². The predicted octanol–water partition coefficient (Wildman–Crippen LogP) is 0.137. The molecule has 0 spiro atoms. The highest BCUT2D eigenvalue weighted by Gasteiger charge is 2.27. The van der Waals surface area contributed by atoms with Crippen molar-refractivity contribution in [2.24, 2.45) is 0 Å². The molecule has 2 saturated heterocycles. The average molecular weight is 418 g/mol. The normalized spacial score (nSPS) is 18.5. The van der Waals surface area contributed by atoms with Crippen LogP contribution in [0.1, 0.15) is 31.9 Å². The van der Waals surface area contributed by atoms with Crippen LogP contribution in [0.4, 0.5) is 10.5 Å². The van der Waals surface area contributed by atoms with Gasteiger partial charge in [0, 0.05) is 64.6 Å². The molecule has 0 aliphatic carbocycles. The lowest BCUT2D eigenvalue weighted by atomic mass is 9.75. The van der Waals surface area contributed by atoms with Gasteiger partial charge in [-0.25, -0.2) is 4.79 Å². The summed E-state index contributed by atoms with van der Waals surface area (Å²) in [6.45, 7) is 14.8. The summed E-state index contributed by atoms with van der Waals surface area (Å²) >= 11 is 0. The standard InChI is InChI=1S/C21H35BN4O4/c1-16-17(15-24-7-5-23-6-8-24)13-18(14-19(16)22(28)29)25-9-11-26(12-10-25)20(27)30-21(2,3)4/h13-14,23,28-29H,5-12,15H2,1-4H3. The van der Waals surface area contributed by atoms with Crippen LogP contribution in [0.3, 0.4) is 0 Å². The number of hydrogen-bond acceptors (Lipinski definition) is 7. The number of piperazine rings is 2. The molecular weight excluding hydrogens is 383 g/mol. The molecule has 1 amide bonds. The lowest BCUT2D eigenvalue weighted by Gasteiger charge is -2.37. The maximum Gasteiger partial charge on any atom is 0.488 e.